The van der Waals surface area contributed by atoms with Gasteiger partial charge in [0.25, 0.3) is 0 Å². The molecule has 0 aromatic carbocycles. The van der Waals surface area contributed by atoms with E-state index >= 15 is 0 Å². The van der Waals surface area contributed by atoms with Gasteiger partial charge in [-0.15, -0.1) is 0 Å². The van der Waals surface area contributed by atoms with E-state index in [0.717, 1.165) is 0 Å². The summed E-state index contributed by atoms with van der Waals surface area (Å²) in [6.07, 6.45) is -0.756. The van der Waals surface area contributed by atoms with E-state index in [2.05, 4.69) is 10.6 Å². The summed E-state index contributed by atoms with van der Waals surface area (Å²) in [5, 5.41) is 22.4. The van der Waals surface area contributed by atoms with Crippen LogP contribution in [0.2, 0.25) is 0 Å². The van der Waals surface area contributed by atoms with E-state index in [4.69, 9.17) is 16.0 Å². The number of likely N-dealkylation sites (N-methyl/N-ethyl adjacent to an activating group) is 1. The third-order valence-corrected chi connectivity index (χ3v) is 4.73. The third-order valence-electron chi connectivity index (χ3n) is 4.73. The van der Waals surface area contributed by atoms with Crippen LogP contribution in [0, 0.1) is 5.92 Å². The van der Waals surface area contributed by atoms with Crippen LogP contribution in [-0.2, 0) is 28.8 Å². The highest BCUT2D eigenvalue weighted by Gasteiger charge is 2.38. The van der Waals surface area contributed by atoms with Crippen LogP contribution in [0.4, 0.5) is 0 Å². The van der Waals surface area contributed by atoms with E-state index in [-0.39, 0.29) is 25.3 Å². The van der Waals surface area contributed by atoms with Crippen molar-refractivity contribution in [2.75, 3.05) is 13.6 Å². The predicted octanol–water partition coefficient (Wildman–Crippen LogP) is -2.54. The Morgan fingerprint density at radius 1 is 1.17 bits per heavy atom. The number of rotatable bonds is 11. The van der Waals surface area contributed by atoms with E-state index in [1.54, 1.807) is 0 Å². The maximum Gasteiger partial charge on any atom is 0.304 e. The molecule has 0 aromatic heterocycles. The van der Waals surface area contributed by atoms with E-state index in [0.29, 0.717) is 12.8 Å². The third kappa shape index (κ3) is 7.31. The zero-order valence-corrected chi connectivity index (χ0v) is 16.6. The summed E-state index contributed by atoms with van der Waals surface area (Å²) >= 11 is 0. The lowest BCUT2D eigenvalue weighted by Gasteiger charge is -2.29. The smallest absolute Gasteiger partial charge is 0.304 e. The van der Waals surface area contributed by atoms with Gasteiger partial charge in [-0.1, -0.05) is 0 Å². The minimum atomic E-state index is -1.37. The second kappa shape index (κ2) is 11.7. The normalized spacial score (nSPS) is 17.5. The van der Waals surface area contributed by atoms with Crippen LogP contribution in [0.25, 0.3) is 0 Å². The molecular weight excluding hydrogens is 402 g/mol. The fourth-order valence-electron chi connectivity index (χ4n) is 3.24. The molecule has 0 radical (unpaired) electrons. The van der Waals surface area contributed by atoms with E-state index < -0.39 is 60.4 Å². The Morgan fingerprint density at radius 3 is 2.37 bits per heavy atom. The number of carbonyl (C=O) groups excluding carboxylic acids is 5. The molecule has 5 amide bonds. The van der Waals surface area contributed by atoms with Crippen molar-refractivity contribution < 1.29 is 39.1 Å². The topological polar surface area (TPSA) is 208 Å². The zero-order valence-electron chi connectivity index (χ0n) is 16.6. The fourth-order valence-corrected chi connectivity index (χ4v) is 3.24. The van der Waals surface area contributed by atoms with Gasteiger partial charge in [-0.25, -0.2) is 5.48 Å². The average Bonchev–Trinajstić information content (AvgIpc) is 3.18. The molecule has 1 aliphatic rings. The van der Waals surface area contributed by atoms with Gasteiger partial charge in [-0.3, -0.25) is 34.0 Å². The number of nitrogens with zero attached hydrogens (tertiary/aromatic N) is 1. The first-order chi connectivity index (χ1) is 14.1. The summed E-state index contributed by atoms with van der Waals surface area (Å²) < 4.78 is 0. The molecule has 1 heterocycles. The Balaban J connectivity index is 3.02. The lowest BCUT2D eigenvalue weighted by molar-refractivity contribution is -0.145. The molecule has 1 rings (SSSR count). The number of amides is 5. The van der Waals surface area contributed by atoms with Gasteiger partial charge in [0.15, 0.2) is 0 Å². The molecule has 1 fully saturated rings. The van der Waals surface area contributed by atoms with Crippen LogP contribution in [-0.4, -0.2) is 76.4 Å². The first-order valence-electron chi connectivity index (χ1n) is 9.36. The average molecular weight is 429 g/mol. The number of hydrogen-bond donors (Lipinski definition) is 6. The summed E-state index contributed by atoms with van der Waals surface area (Å²) in [6, 6.07) is -1.98. The van der Waals surface area contributed by atoms with Crippen LogP contribution >= 0.6 is 0 Å². The van der Waals surface area contributed by atoms with Gasteiger partial charge in [0.2, 0.25) is 29.5 Å². The molecule has 13 heteroatoms. The predicted molar refractivity (Wildman–Crippen MR) is 99.4 cm³/mol. The zero-order chi connectivity index (χ0) is 22.8. The minimum absolute atomic E-state index is 0.164. The summed E-state index contributed by atoms with van der Waals surface area (Å²) in [7, 11) is 1.43. The first-order valence-corrected chi connectivity index (χ1v) is 9.36. The molecule has 0 bridgehead atoms. The van der Waals surface area contributed by atoms with Crippen molar-refractivity contribution in [3.63, 3.8) is 0 Å². The maximum absolute atomic E-state index is 13.0. The SMILES string of the molecule is CNC(=O)C1CCCN1C(=O)[C@H](CCC(N)=O)NC(=O)[C@H](CC(=O)O)CC(=O)NO. The highest BCUT2D eigenvalue weighted by Crippen LogP contribution is 2.20. The quantitative estimate of drug-likeness (QED) is 0.152. The minimum Gasteiger partial charge on any atom is -0.481 e. The van der Waals surface area contributed by atoms with Crippen molar-refractivity contribution >= 4 is 35.5 Å². The molecule has 30 heavy (non-hydrogen) atoms. The molecule has 0 spiro atoms. The highest BCUT2D eigenvalue weighted by molar-refractivity contribution is 5.94. The molecule has 13 nitrogen and oxygen atoms in total. The lowest BCUT2D eigenvalue weighted by Crippen LogP contribution is -2.54. The number of nitrogens with two attached hydrogens (primary N) is 1. The number of hydrogen-bond acceptors (Lipinski definition) is 7. The Labute approximate surface area is 172 Å². The molecule has 0 aromatic rings. The maximum atomic E-state index is 13.0. The summed E-state index contributed by atoms with van der Waals surface area (Å²) in [5.41, 5.74) is 6.45. The van der Waals surface area contributed by atoms with Crippen LogP contribution in [0.3, 0.4) is 0 Å². The first kappa shape index (κ1) is 24.8. The number of carboxylic acids is 1. The lowest BCUT2D eigenvalue weighted by atomic mass is 9.98. The number of carbonyl (C=O) groups is 6. The molecule has 0 saturated carbocycles. The Kier molecular flexibility index (Phi) is 9.68. The number of primary amides is 1. The van der Waals surface area contributed by atoms with Gasteiger partial charge >= 0.3 is 5.97 Å². The molecule has 168 valence electrons. The van der Waals surface area contributed by atoms with Gasteiger partial charge < -0.3 is 26.4 Å². The fraction of sp³-hybridized carbons (Fsp3) is 0.647. The van der Waals surface area contributed by atoms with E-state index in [1.165, 1.54) is 17.4 Å². The van der Waals surface area contributed by atoms with Crippen LogP contribution in [0.1, 0.15) is 38.5 Å². The monoisotopic (exact) mass is 429 g/mol. The molecule has 0 aliphatic carbocycles. The van der Waals surface area contributed by atoms with Crippen LogP contribution < -0.4 is 21.8 Å². The standard InChI is InChI=1S/C17H27N5O8/c1-19-16(28)11-3-2-6-22(11)17(29)10(4-5-12(18)23)20-15(27)9(8-14(25)26)7-13(24)21-30/h9-11,30H,2-8H2,1H3,(H2,18,23)(H,19,28)(H,20,27)(H,21,24)(H,25,26)/t9-,10-,11?/m0/s1. The number of likely N-dealkylation sites (tertiary alicyclic amines) is 1. The Bertz CT molecular complexity index is 698. The molecule has 1 unspecified atom stereocenters. The Morgan fingerprint density at radius 2 is 1.83 bits per heavy atom. The highest BCUT2D eigenvalue weighted by atomic mass is 16.5. The molecule has 1 aliphatic heterocycles. The second-order valence-electron chi connectivity index (χ2n) is 6.90. The molecule has 3 atom stereocenters. The Hall–Kier alpha value is -3.22. The summed E-state index contributed by atoms with van der Waals surface area (Å²) in [5.74, 6) is -6.32. The van der Waals surface area contributed by atoms with Crippen molar-refractivity contribution in [1.29, 1.82) is 0 Å². The molecular formula is C17H27N5O8. The van der Waals surface area contributed by atoms with Gasteiger partial charge in [-0.05, 0) is 19.3 Å². The van der Waals surface area contributed by atoms with Gasteiger partial charge in [0.1, 0.15) is 12.1 Å². The second-order valence-corrected chi connectivity index (χ2v) is 6.90. The van der Waals surface area contributed by atoms with Crippen molar-refractivity contribution in [1.82, 2.24) is 21.0 Å². The van der Waals surface area contributed by atoms with Gasteiger partial charge in [0.05, 0.1) is 12.3 Å². The van der Waals surface area contributed by atoms with Crippen molar-refractivity contribution in [3.05, 3.63) is 0 Å². The largest absolute Gasteiger partial charge is 0.481 e. The number of hydroxylamine groups is 1. The number of nitrogens with one attached hydrogen (secondary N) is 3. The summed E-state index contributed by atoms with van der Waals surface area (Å²) in [6.45, 7) is 0.269. The van der Waals surface area contributed by atoms with E-state index in [9.17, 15) is 28.8 Å². The van der Waals surface area contributed by atoms with Crippen LogP contribution in [0.15, 0.2) is 0 Å². The van der Waals surface area contributed by atoms with Gasteiger partial charge in [-0.2, -0.15) is 0 Å². The van der Waals surface area contributed by atoms with Crippen LogP contribution in [0.5, 0.6) is 0 Å². The van der Waals surface area contributed by atoms with E-state index in [1.807, 2.05) is 0 Å². The number of aliphatic carboxylic acids is 1. The van der Waals surface area contributed by atoms with Crippen molar-refractivity contribution in [3.8, 4) is 0 Å². The van der Waals surface area contributed by atoms with Gasteiger partial charge in [0, 0.05) is 26.4 Å². The van der Waals surface area contributed by atoms with Crippen molar-refractivity contribution in [2.45, 2.75) is 50.6 Å². The molecule has 7 N–H and O–H groups in total. The van der Waals surface area contributed by atoms with Crippen molar-refractivity contribution in [2.24, 2.45) is 11.7 Å². The number of carboxylic acid groups (broad SMARTS) is 1. The summed E-state index contributed by atoms with van der Waals surface area (Å²) in [4.78, 5) is 72.5. The molecule has 1 saturated heterocycles.